The van der Waals surface area contributed by atoms with Crippen LogP contribution in [0.25, 0.3) is 0 Å². The number of halogens is 1. The molecule has 0 amide bonds. The molecule has 0 saturated carbocycles. The molecule has 0 aromatic heterocycles. The van der Waals surface area contributed by atoms with Gasteiger partial charge in [-0.15, -0.1) is 0 Å². The molecule has 2 rings (SSSR count). The summed E-state index contributed by atoms with van der Waals surface area (Å²) in [5.74, 6) is -0.276. The highest BCUT2D eigenvalue weighted by Crippen LogP contribution is 2.19. The molecule has 0 unspecified atom stereocenters. The first-order valence-electron chi connectivity index (χ1n) is 5.99. The Morgan fingerprint density at radius 1 is 1.17 bits per heavy atom. The van der Waals surface area contributed by atoms with Gasteiger partial charge < -0.3 is 11.1 Å². The lowest BCUT2D eigenvalue weighted by atomic mass is 10.1. The second-order valence-corrected chi connectivity index (χ2v) is 4.40. The topological polar surface area (TPSA) is 38.0 Å². The normalized spacial score (nSPS) is 10.3. The summed E-state index contributed by atoms with van der Waals surface area (Å²) in [6, 6.07) is 12.7. The van der Waals surface area contributed by atoms with Gasteiger partial charge in [0.15, 0.2) is 0 Å². The summed E-state index contributed by atoms with van der Waals surface area (Å²) in [4.78, 5) is 0. The highest BCUT2D eigenvalue weighted by atomic mass is 19.1. The molecular weight excluding hydrogens is 227 g/mol. The van der Waals surface area contributed by atoms with E-state index in [4.69, 9.17) is 5.73 Å². The lowest BCUT2D eigenvalue weighted by Gasteiger charge is -2.09. The predicted molar refractivity (Wildman–Crippen MR) is 74.2 cm³/mol. The third kappa shape index (κ3) is 3.23. The van der Waals surface area contributed by atoms with E-state index >= 15 is 0 Å². The second kappa shape index (κ2) is 5.54. The maximum Gasteiger partial charge on any atom is 0.125 e. The Morgan fingerprint density at radius 2 is 2.00 bits per heavy atom. The average molecular weight is 244 g/mol. The molecule has 3 heteroatoms. The number of nitrogens with two attached hydrogens (primary N) is 1. The van der Waals surface area contributed by atoms with Gasteiger partial charge in [-0.3, -0.25) is 0 Å². The Hall–Kier alpha value is -2.03. The number of anilines is 2. The van der Waals surface area contributed by atoms with E-state index in [0.717, 1.165) is 13.0 Å². The van der Waals surface area contributed by atoms with Crippen molar-refractivity contribution in [1.29, 1.82) is 0 Å². The highest BCUT2D eigenvalue weighted by Gasteiger charge is 2.00. The van der Waals surface area contributed by atoms with E-state index in [0.29, 0.717) is 11.4 Å². The molecule has 0 aliphatic heterocycles. The van der Waals surface area contributed by atoms with Crippen LogP contribution >= 0.6 is 0 Å². The van der Waals surface area contributed by atoms with Gasteiger partial charge in [0.2, 0.25) is 0 Å². The van der Waals surface area contributed by atoms with E-state index in [2.05, 4.69) is 30.4 Å². The lowest BCUT2D eigenvalue weighted by molar-refractivity contribution is 0.628. The summed E-state index contributed by atoms with van der Waals surface area (Å²) < 4.78 is 13.1. The molecule has 0 radical (unpaired) electrons. The third-order valence-electron chi connectivity index (χ3n) is 2.83. The zero-order valence-corrected chi connectivity index (χ0v) is 10.4. The van der Waals surface area contributed by atoms with Crippen LogP contribution in [0.1, 0.15) is 11.1 Å². The molecule has 0 bridgehead atoms. The van der Waals surface area contributed by atoms with E-state index in [-0.39, 0.29) is 5.82 Å². The van der Waals surface area contributed by atoms with Crippen LogP contribution in [-0.2, 0) is 6.42 Å². The van der Waals surface area contributed by atoms with E-state index in [9.17, 15) is 4.39 Å². The molecule has 0 aliphatic carbocycles. The molecule has 94 valence electrons. The van der Waals surface area contributed by atoms with Crippen LogP contribution in [0.15, 0.2) is 42.5 Å². The van der Waals surface area contributed by atoms with Crippen LogP contribution in [0.2, 0.25) is 0 Å². The molecule has 0 spiro atoms. The Kier molecular flexibility index (Phi) is 3.82. The van der Waals surface area contributed by atoms with Crippen molar-refractivity contribution in [3.63, 3.8) is 0 Å². The van der Waals surface area contributed by atoms with Crippen molar-refractivity contribution in [2.24, 2.45) is 0 Å². The molecule has 2 aromatic rings. The van der Waals surface area contributed by atoms with Gasteiger partial charge in [0.25, 0.3) is 0 Å². The first-order chi connectivity index (χ1) is 8.65. The number of nitrogens with one attached hydrogen (secondary N) is 1. The Morgan fingerprint density at radius 3 is 2.78 bits per heavy atom. The van der Waals surface area contributed by atoms with Crippen molar-refractivity contribution in [2.45, 2.75) is 13.3 Å². The van der Waals surface area contributed by atoms with Gasteiger partial charge >= 0.3 is 0 Å². The van der Waals surface area contributed by atoms with E-state index in [1.54, 1.807) is 6.07 Å². The number of benzene rings is 2. The molecule has 0 atom stereocenters. The van der Waals surface area contributed by atoms with Crippen molar-refractivity contribution < 1.29 is 4.39 Å². The summed E-state index contributed by atoms with van der Waals surface area (Å²) in [6.07, 6.45) is 0.887. The summed E-state index contributed by atoms with van der Waals surface area (Å²) >= 11 is 0. The SMILES string of the molecule is Cc1cccc(CCNc2cc(F)ccc2N)c1. The number of hydrogen-bond acceptors (Lipinski definition) is 2. The summed E-state index contributed by atoms with van der Waals surface area (Å²) in [6.45, 7) is 2.80. The minimum atomic E-state index is -0.276. The van der Waals surface area contributed by atoms with Gasteiger partial charge in [0, 0.05) is 6.54 Å². The summed E-state index contributed by atoms with van der Waals surface area (Å²) in [5, 5.41) is 3.16. The number of aryl methyl sites for hydroxylation is 1. The fourth-order valence-corrected chi connectivity index (χ4v) is 1.89. The fourth-order valence-electron chi connectivity index (χ4n) is 1.89. The predicted octanol–water partition coefficient (Wildman–Crippen LogP) is 3.37. The van der Waals surface area contributed by atoms with E-state index in [1.807, 2.05) is 6.07 Å². The van der Waals surface area contributed by atoms with Gasteiger partial charge in [0.05, 0.1) is 11.4 Å². The van der Waals surface area contributed by atoms with Gasteiger partial charge in [-0.2, -0.15) is 0 Å². The van der Waals surface area contributed by atoms with Crippen LogP contribution in [0.3, 0.4) is 0 Å². The minimum absolute atomic E-state index is 0.276. The molecule has 0 saturated heterocycles. The second-order valence-electron chi connectivity index (χ2n) is 4.40. The largest absolute Gasteiger partial charge is 0.397 e. The first-order valence-corrected chi connectivity index (χ1v) is 5.99. The Balaban J connectivity index is 1.94. The van der Waals surface area contributed by atoms with Crippen molar-refractivity contribution in [1.82, 2.24) is 0 Å². The zero-order valence-electron chi connectivity index (χ0n) is 10.4. The van der Waals surface area contributed by atoms with Crippen LogP contribution < -0.4 is 11.1 Å². The van der Waals surface area contributed by atoms with Crippen LogP contribution in [0.5, 0.6) is 0 Å². The van der Waals surface area contributed by atoms with Crippen LogP contribution in [0, 0.1) is 12.7 Å². The lowest BCUT2D eigenvalue weighted by Crippen LogP contribution is -2.07. The molecular formula is C15H17FN2. The van der Waals surface area contributed by atoms with Crippen molar-refractivity contribution in [3.05, 3.63) is 59.4 Å². The molecule has 0 aliphatic rings. The van der Waals surface area contributed by atoms with E-state index < -0.39 is 0 Å². The van der Waals surface area contributed by atoms with Crippen molar-refractivity contribution in [2.75, 3.05) is 17.6 Å². The van der Waals surface area contributed by atoms with Gasteiger partial charge in [-0.25, -0.2) is 4.39 Å². The molecule has 2 aromatic carbocycles. The molecule has 18 heavy (non-hydrogen) atoms. The third-order valence-corrected chi connectivity index (χ3v) is 2.83. The van der Waals surface area contributed by atoms with Crippen molar-refractivity contribution >= 4 is 11.4 Å². The zero-order chi connectivity index (χ0) is 13.0. The highest BCUT2D eigenvalue weighted by molar-refractivity contribution is 5.65. The smallest absolute Gasteiger partial charge is 0.125 e. The Bertz CT molecular complexity index is 538. The van der Waals surface area contributed by atoms with Gasteiger partial charge in [-0.1, -0.05) is 29.8 Å². The standard InChI is InChI=1S/C15H17FN2/c1-11-3-2-4-12(9-11)7-8-18-15-10-13(16)5-6-14(15)17/h2-6,9-10,18H,7-8,17H2,1H3. The van der Waals surface area contributed by atoms with Crippen LogP contribution in [0.4, 0.5) is 15.8 Å². The molecule has 2 nitrogen and oxygen atoms in total. The fraction of sp³-hybridized carbons (Fsp3) is 0.200. The molecule has 0 fully saturated rings. The monoisotopic (exact) mass is 244 g/mol. The van der Waals surface area contributed by atoms with Gasteiger partial charge in [0.1, 0.15) is 5.82 Å². The average Bonchev–Trinajstić information content (AvgIpc) is 2.34. The summed E-state index contributed by atoms with van der Waals surface area (Å²) in [7, 11) is 0. The minimum Gasteiger partial charge on any atom is -0.397 e. The quantitative estimate of drug-likeness (QED) is 0.809. The Labute approximate surface area is 107 Å². The maximum absolute atomic E-state index is 13.1. The summed E-state index contributed by atoms with van der Waals surface area (Å²) in [5.41, 5.74) is 9.50. The molecule has 3 N–H and O–H groups in total. The molecule has 0 heterocycles. The van der Waals surface area contributed by atoms with E-state index in [1.165, 1.54) is 23.3 Å². The van der Waals surface area contributed by atoms with Crippen molar-refractivity contribution in [3.8, 4) is 0 Å². The number of hydrogen-bond donors (Lipinski definition) is 2. The number of nitrogen functional groups attached to an aromatic ring is 1. The number of rotatable bonds is 4. The van der Waals surface area contributed by atoms with Gasteiger partial charge in [-0.05, 0) is 37.1 Å². The first kappa shape index (κ1) is 12.4. The maximum atomic E-state index is 13.1. The van der Waals surface area contributed by atoms with Crippen LogP contribution in [-0.4, -0.2) is 6.54 Å².